The molecule has 0 saturated carbocycles. The predicted molar refractivity (Wildman–Crippen MR) is 291 cm³/mol. The maximum Gasteiger partial charge on any atom is 0.416 e. The first kappa shape index (κ1) is 55.3. The smallest absolute Gasteiger partial charge is 0.308 e. The van der Waals surface area contributed by atoms with E-state index in [4.69, 9.17) is 9.97 Å². The van der Waals surface area contributed by atoms with Crippen LogP contribution in [0, 0.1) is 22.7 Å². The summed E-state index contributed by atoms with van der Waals surface area (Å²) in [7, 11) is 0. The Balaban J connectivity index is 1.36. The van der Waals surface area contributed by atoms with Crippen LogP contribution < -0.4 is 0 Å². The summed E-state index contributed by atoms with van der Waals surface area (Å²) < 4.78 is 174. The van der Waals surface area contributed by atoms with Crippen LogP contribution in [0.5, 0.6) is 0 Å². The molecule has 0 aliphatic heterocycles. The molecular formula is C65H37F12N5. The molecule has 82 heavy (non-hydrogen) atoms. The van der Waals surface area contributed by atoms with Gasteiger partial charge in [0.05, 0.1) is 68.1 Å². The summed E-state index contributed by atoms with van der Waals surface area (Å²) in [5.41, 5.74) is -1.91. The molecule has 10 rings (SSSR count). The summed E-state index contributed by atoms with van der Waals surface area (Å²) in [6.07, 6.45) is -16.2. The molecule has 5 nitrogen and oxygen atoms in total. The first-order valence-corrected chi connectivity index (χ1v) is 24.7. The highest BCUT2D eigenvalue weighted by atomic mass is 19.4. The molecule has 0 atom stereocenters. The number of fused-ring (bicyclic) bond motifs is 3. The van der Waals surface area contributed by atoms with Crippen LogP contribution >= 0.6 is 0 Å². The fourth-order valence-electron chi connectivity index (χ4n) is 9.64. The molecule has 0 bridgehead atoms. The lowest BCUT2D eigenvalue weighted by atomic mass is 9.90. The molecule has 0 aliphatic rings. The fraction of sp³-hybridized carbons (Fsp3) is 0.0769. The third-order valence-electron chi connectivity index (χ3n) is 13.6. The molecule has 0 fully saturated rings. The van der Waals surface area contributed by atoms with E-state index < -0.39 is 58.1 Å². The summed E-state index contributed by atoms with van der Waals surface area (Å²) in [6, 6.07) is 44.8. The van der Waals surface area contributed by atoms with E-state index in [-0.39, 0.29) is 56.2 Å². The second kappa shape index (κ2) is 21.2. The minimum Gasteiger partial charge on any atom is -0.308 e. The van der Waals surface area contributed by atoms with E-state index >= 15 is 0 Å². The third-order valence-corrected chi connectivity index (χ3v) is 13.6. The molecule has 406 valence electrons. The van der Waals surface area contributed by atoms with Crippen molar-refractivity contribution in [1.82, 2.24) is 14.5 Å². The van der Waals surface area contributed by atoms with Crippen LogP contribution in [0.15, 0.2) is 206 Å². The maximum atomic E-state index is 14.4. The number of nitriles is 2. The minimum absolute atomic E-state index is 0.0231. The normalized spacial score (nSPS) is 12.6. The van der Waals surface area contributed by atoms with E-state index in [2.05, 4.69) is 18.7 Å². The van der Waals surface area contributed by atoms with Crippen molar-refractivity contribution < 1.29 is 52.7 Å². The van der Waals surface area contributed by atoms with Crippen molar-refractivity contribution in [2.45, 2.75) is 31.6 Å². The average Bonchev–Trinajstić information content (AvgIpc) is 3.53. The molecule has 0 saturated heterocycles. The Morgan fingerprint density at radius 2 is 0.915 bits per heavy atom. The van der Waals surface area contributed by atoms with Crippen molar-refractivity contribution >= 4 is 27.4 Å². The van der Waals surface area contributed by atoms with Gasteiger partial charge >= 0.3 is 24.7 Å². The molecule has 0 amide bonds. The summed E-state index contributed by atoms with van der Waals surface area (Å²) >= 11 is 0. The highest BCUT2D eigenvalue weighted by Gasteiger charge is 2.39. The SMILES string of the molecule is C=C/C(=C\C=C(/C)C#N)c1cc(-c2cc(-c3ccccc3)nc(-c3ccccc3)n2)cc(-c2ccc(C#N)cc2)c1-n1c2ccc(-c3cc(C(F)(F)F)cc(C(F)(F)F)c3)cc2c2cc(-c3cc(C(F)(F)F)cc(C(F)(F)F)c3)ccc21. The standard InChI is InChI=1S/C65H37F12N5/c1-3-39(17-14-37(2)35-78)52-30-47(57-34-56(41-10-6-4-7-11-41)80-61(81-57)42-12-8-5-9-13-42)31-53(40-18-15-38(36-79)16-19-40)60(52)82-58-22-20-43(45-24-48(62(66,67)68)32-49(25-45)63(69,70)71)28-54(58)55-29-44(21-23-59(55)82)46-26-50(64(72,73)74)33-51(27-46)65(75,76)77/h3-34H,1H2,2H3/b37-14+,39-17+. The van der Waals surface area contributed by atoms with Crippen LogP contribution in [0.4, 0.5) is 52.7 Å². The molecule has 2 aromatic heterocycles. The zero-order valence-electron chi connectivity index (χ0n) is 42.5. The number of alkyl halides is 12. The van der Waals surface area contributed by atoms with Crippen molar-refractivity contribution in [1.29, 1.82) is 10.5 Å². The van der Waals surface area contributed by atoms with Gasteiger partial charge in [-0.05, 0) is 137 Å². The van der Waals surface area contributed by atoms with E-state index in [9.17, 15) is 63.2 Å². The third kappa shape index (κ3) is 11.1. The van der Waals surface area contributed by atoms with E-state index in [0.29, 0.717) is 80.6 Å². The number of rotatable bonds is 10. The molecule has 10 aromatic rings. The van der Waals surface area contributed by atoms with Crippen LogP contribution in [-0.4, -0.2) is 14.5 Å². The Bertz CT molecular complexity index is 4050. The highest BCUT2D eigenvalue weighted by molar-refractivity contribution is 6.13. The Kier molecular flexibility index (Phi) is 14.3. The molecule has 0 radical (unpaired) electrons. The molecular weight excluding hydrogens is 1080 g/mol. The second-order valence-corrected chi connectivity index (χ2v) is 19.0. The fourth-order valence-corrected chi connectivity index (χ4v) is 9.64. The van der Waals surface area contributed by atoms with Gasteiger partial charge in [0.2, 0.25) is 0 Å². The molecule has 0 N–H and O–H groups in total. The van der Waals surface area contributed by atoms with Gasteiger partial charge in [-0.15, -0.1) is 0 Å². The van der Waals surface area contributed by atoms with Gasteiger partial charge in [-0.1, -0.05) is 104 Å². The molecule has 8 aromatic carbocycles. The lowest BCUT2D eigenvalue weighted by Crippen LogP contribution is -2.11. The van der Waals surface area contributed by atoms with Crippen molar-refractivity contribution in [3.8, 4) is 85.1 Å². The topological polar surface area (TPSA) is 78.3 Å². The minimum atomic E-state index is -5.23. The first-order valence-electron chi connectivity index (χ1n) is 24.7. The van der Waals surface area contributed by atoms with E-state index in [1.807, 2.05) is 66.7 Å². The Hall–Kier alpha value is -10.0. The largest absolute Gasteiger partial charge is 0.416 e. The zero-order valence-corrected chi connectivity index (χ0v) is 42.5. The van der Waals surface area contributed by atoms with Crippen molar-refractivity contribution in [2.24, 2.45) is 0 Å². The number of allylic oxidation sites excluding steroid dienone is 5. The quantitative estimate of drug-likeness (QED) is 0.0776. The number of aromatic nitrogens is 3. The first-order chi connectivity index (χ1) is 38.9. The van der Waals surface area contributed by atoms with Crippen molar-refractivity contribution in [2.75, 3.05) is 0 Å². The highest BCUT2D eigenvalue weighted by Crippen LogP contribution is 2.47. The van der Waals surface area contributed by atoms with Gasteiger partial charge in [0.15, 0.2) is 5.82 Å². The van der Waals surface area contributed by atoms with Crippen LogP contribution in [0.1, 0.15) is 40.3 Å². The van der Waals surface area contributed by atoms with E-state index in [1.165, 1.54) is 42.5 Å². The number of benzene rings is 8. The Labute approximate surface area is 459 Å². The van der Waals surface area contributed by atoms with Gasteiger partial charge in [0.25, 0.3) is 0 Å². The van der Waals surface area contributed by atoms with Gasteiger partial charge in [-0.2, -0.15) is 63.2 Å². The van der Waals surface area contributed by atoms with Crippen LogP contribution in [-0.2, 0) is 24.7 Å². The predicted octanol–water partition coefficient (Wildman–Crippen LogP) is 19.6. The Morgan fingerprint density at radius 1 is 0.463 bits per heavy atom. The zero-order chi connectivity index (χ0) is 58.5. The van der Waals surface area contributed by atoms with Crippen LogP contribution in [0.25, 0.3) is 100 Å². The summed E-state index contributed by atoms with van der Waals surface area (Å²) in [5.74, 6) is 0.356. The molecule has 0 unspecified atom stereocenters. The van der Waals surface area contributed by atoms with Gasteiger partial charge in [0.1, 0.15) is 0 Å². The molecule has 2 heterocycles. The van der Waals surface area contributed by atoms with Gasteiger partial charge in [0, 0.05) is 44.2 Å². The molecule has 0 aliphatic carbocycles. The lowest BCUT2D eigenvalue weighted by molar-refractivity contribution is -0.144. The van der Waals surface area contributed by atoms with Gasteiger partial charge in [-0.3, -0.25) is 0 Å². The van der Waals surface area contributed by atoms with E-state index in [1.54, 1.807) is 60.0 Å². The number of nitrogens with zero attached hydrogens (tertiary/aromatic N) is 5. The summed E-state index contributed by atoms with van der Waals surface area (Å²) in [6.45, 7) is 5.71. The maximum absolute atomic E-state index is 14.4. The Morgan fingerprint density at radius 3 is 1.35 bits per heavy atom. The van der Waals surface area contributed by atoms with Gasteiger partial charge < -0.3 is 4.57 Å². The monoisotopic (exact) mass is 1120 g/mol. The second-order valence-electron chi connectivity index (χ2n) is 19.0. The summed E-state index contributed by atoms with van der Waals surface area (Å²) in [4.78, 5) is 10.0. The number of halogens is 12. The average molecular weight is 1120 g/mol. The van der Waals surface area contributed by atoms with Crippen LogP contribution in [0.3, 0.4) is 0 Å². The summed E-state index contributed by atoms with van der Waals surface area (Å²) in [5, 5.41) is 20.0. The van der Waals surface area contributed by atoms with Crippen LogP contribution in [0.2, 0.25) is 0 Å². The van der Waals surface area contributed by atoms with Crippen molar-refractivity contribution in [3.63, 3.8) is 0 Å². The number of hydrogen-bond donors (Lipinski definition) is 0. The lowest BCUT2D eigenvalue weighted by Gasteiger charge is -2.22. The molecule has 0 spiro atoms. The van der Waals surface area contributed by atoms with Crippen molar-refractivity contribution in [3.05, 3.63) is 240 Å². The van der Waals surface area contributed by atoms with Gasteiger partial charge in [-0.25, -0.2) is 9.97 Å². The molecule has 17 heteroatoms. The van der Waals surface area contributed by atoms with E-state index in [0.717, 1.165) is 5.56 Å². The number of hydrogen-bond acceptors (Lipinski definition) is 4.